The van der Waals surface area contributed by atoms with Crippen LogP contribution in [0.3, 0.4) is 0 Å². The summed E-state index contributed by atoms with van der Waals surface area (Å²) in [5.41, 5.74) is 1.14. The summed E-state index contributed by atoms with van der Waals surface area (Å²) in [5.74, 6) is 0.992. The standard InChI is InChI=1S/C13H18BrN3O2/c1-3-19-13(18)17-6-4-16(5-7-17)12-10(2)8-11(14)9-15-12/h8-9H,3-7H2,1-2H3. The second kappa shape index (κ2) is 6.23. The number of carbonyl (C=O) groups is 1. The molecule has 1 amide bonds. The van der Waals surface area contributed by atoms with E-state index in [9.17, 15) is 4.79 Å². The van der Waals surface area contributed by atoms with Crippen LogP contribution in [0.4, 0.5) is 10.6 Å². The number of hydrogen-bond donors (Lipinski definition) is 0. The fourth-order valence-corrected chi connectivity index (χ4v) is 2.63. The zero-order valence-corrected chi connectivity index (χ0v) is 12.8. The van der Waals surface area contributed by atoms with Gasteiger partial charge in [0.05, 0.1) is 6.61 Å². The molecule has 0 N–H and O–H groups in total. The number of rotatable bonds is 2. The molecule has 0 radical (unpaired) electrons. The van der Waals surface area contributed by atoms with Crippen LogP contribution in [0.2, 0.25) is 0 Å². The summed E-state index contributed by atoms with van der Waals surface area (Å²) < 4.78 is 5.99. The molecule has 0 unspecified atom stereocenters. The average molecular weight is 328 g/mol. The molecule has 0 aliphatic carbocycles. The summed E-state index contributed by atoms with van der Waals surface area (Å²) in [7, 11) is 0. The molecule has 19 heavy (non-hydrogen) atoms. The highest BCUT2D eigenvalue weighted by molar-refractivity contribution is 9.10. The van der Waals surface area contributed by atoms with E-state index in [1.54, 1.807) is 11.1 Å². The van der Waals surface area contributed by atoms with Gasteiger partial charge < -0.3 is 14.5 Å². The van der Waals surface area contributed by atoms with E-state index in [0.717, 1.165) is 28.9 Å². The molecule has 1 aromatic rings. The molecule has 0 spiro atoms. The van der Waals surface area contributed by atoms with Crippen LogP contribution < -0.4 is 4.90 Å². The molecule has 1 aliphatic rings. The number of aryl methyl sites for hydroxylation is 1. The largest absolute Gasteiger partial charge is 0.450 e. The molecule has 1 aliphatic heterocycles. The maximum atomic E-state index is 11.6. The molecule has 1 aromatic heterocycles. The summed E-state index contributed by atoms with van der Waals surface area (Å²) in [4.78, 5) is 20.0. The summed E-state index contributed by atoms with van der Waals surface area (Å²) in [5, 5.41) is 0. The van der Waals surface area contributed by atoms with Gasteiger partial charge in [-0.15, -0.1) is 0 Å². The Morgan fingerprint density at radius 3 is 2.68 bits per heavy atom. The summed E-state index contributed by atoms with van der Waals surface area (Å²) >= 11 is 3.42. The Morgan fingerprint density at radius 1 is 1.42 bits per heavy atom. The third-order valence-corrected chi connectivity index (χ3v) is 3.56. The van der Waals surface area contributed by atoms with Gasteiger partial charge in [-0.25, -0.2) is 9.78 Å². The lowest BCUT2D eigenvalue weighted by molar-refractivity contribution is 0.105. The second-order valence-electron chi connectivity index (χ2n) is 4.47. The van der Waals surface area contributed by atoms with Crippen LogP contribution in [-0.2, 0) is 4.74 Å². The molecule has 0 bridgehead atoms. The molecule has 0 atom stereocenters. The topological polar surface area (TPSA) is 45.7 Å². The van der Waals surface area contributed by atoms with Crippen molar-refractivity contribution in [3.05, 3.63) is 22.3 Å². The number of ether oxygens (including phenoxy) is 1. The lowest BCUT2D eigenvalue weighted by Crippen LogP contribution is -2.49. The van der Waals surface area contributed by atoms with Crippen molar-refractivity contribution in [2.24, 2.45) is 0 Å². The minimum absolute atomic E-state index is 0.220. The van der Waals surface area contributed by atoms with Gasteiger partial charge in [0.25, 0.3) is 0 Å². The number of hydrogen-bond acceptors (Lipinski definition) is 4. The number of piperazine rings is 1. The third-order valence-electron chi connectivity index (χ3n) is 3.12. The van der Waals surface area contributed by atoms with Gasteiger partial charge >= 0.3 is 6.09 Å². The first kappa shape index (κ1) is 14.1. The van der Waals surface area contributed by atoms with Gasteiger partial charge in [0.1, 0.15) is 5.82 Å². The first-order chi connectivity index (χ1) is 9.11. The van der Waals surface area contributed by atoms with E-state index in [4.69, 9.17) is 4.74 Å². The van der Waals surface area contributed by atoms with Crippen molar-refractivity contribution >= 4 is 27.8 Å². The number of carbonyl (C=O) groups excluding carboxylic acids is 1. The van der Waals surface area contributed by atoms with E-state index in [0.29, 0.717) is 19.7 Å². The second-order valence-corrected chi connectivity index (χ2v) is 5.38. The minimum Gasteiger partial charge on any atom is -0.450 e. The SMILES string of the molecule is CCOC(=O)N1CCN(c2ncc(Br)cc2C)CC1. The molecule has 0 aromatic carbocycles. The predicted octanol–water partition coefficient (Wildman–Crippen LogP) is 2.43. The smallest absolute Gasteiger partial charge is 0.409 e. The Morgan fingerprint density at radius 2 is 2.11 bits per heavy atom. The highest BCUT2D eigenvalue weighted by atomic mass is 79.9. The molecular weight excluding hydrogens is 310 g/mol. The Hall–Kier alpha value is -1.30. The van der Waals surface area contributed by atoms with Crippen molar-refractivity contribution in [2.45, 2.75) is 13.8 Å². The number of pyridine rings is 1. The van der Waals surface area contributed by atoms with Gasteiger partial charge in [0.15, 0.2) is 0 Å². The molecule has 0 saturated carbocycles. The number of nitrogens with zero attached hydrogens (tertiary/aromatic N) is 3. The maximum Gasteiger partial charge on any atom is 0.409 e. The van der Waals surface area contributed by atoms with E-state index in [-0.39, 0.29) is 6.09 Å². The van der Waals surface area contributed by atoms with Crippen LogP contribution in [0.25, 0.3) is 0 Å². The highest BCUT2D eigenvalue weighted by Gasteiger charge is 2.23. The fourth-order valence-electron chi connectivity index (χ4n) is 2.18. The van der Waals surface area contributed by atoms with Crippen molar-refractivity contribution in [1.29, 1.82) is 0 Å². The summed E-state index contributed by atoms with van der Waals surface area (Å²) in [6.07, 6.45) is 1.59. The van der Waals surface area contributed by atoms with Crippen LogP contribution in [0.1, 0.15) is 12.5 Å². The highest BCUT2D eigenvalue weighted by Crippen LogP contribution is 2.21. The van der Waals surface area contributed by atoms with Crippen molar-refractivity contribution in [2.75, 3.05) is 37.7 Å². The summed E-state index contributed by atoms with van der Waals surface area (Å²) in [6, 6.07) is 2.06. The molecule has 2 heterocycles. The summed E-state index contributed by atoms with van der Waals surface area (Å²) in [6.45, 7) is 7.22. The Bertz CT molecular complexity index is 459. The molecule has 6 heteroatoms. The van der Waals surface area contributed by atoms with Crippen molar-refractivity contribution in [1.82, 2.24) is 9.88 Å². The average Bonchev–Trinajstić information content (AvgIpc) is 2.39. The third kappa shape index (κ3) is 3.37. The first-order valence-corrected chi connectivity index (χ1v) is 7.20. The van der Waals surface area contributed by atoms with Crippen LogP contribution in [0.15, 0.2) is 16.7 Å². The molecular formula is C13H18BrN3O2. The molecule has 104 valence electrons. The van der Waals surface area contributed by atoms with Crippen LogP contribution in [0.5, 0.6) is 0 Å². The molecule has 1 fully saturated rings. The Kier molecular flexibility index (Phi) is 4.63. The normalized spacial score (nSPS) is 15.5. The van der Waals surface area contributed by atoms with Gasteiger partial charge in [-0.1, -0.05) is 0 Å². The Balaban J connectivity index is 1.98. The van der Waals surface area contributed by atoms with E-state index in [1.165, 1.54) is 0 Å². The van der Waals surface area contributed by atoms with Crippen molar-refractivity contribution in [3.8, 4) is 0 Å². The monoisotopic (exact) mass is 327 g/mol. The van der Waals surface area contributed by atoms with Gasteiger partial charge in [-0.3, -0.25) is 0 Å². The van der Waals surface area contributed by atoms with Crippen LogP contribution >= 0.6 is 15.9 Å². The quantitative estimate of drug-likeness (QED) is 0.836. The molecule has 5 nitrogen and oxygen atoms in total. The van der Waals surface area contributed by atoms with E-state index in [1.807, 2.05) is 13.8 Å². The van der Waals surface area contributed by atoms with Crippen LogP contribution in [-0.4, -0.2) is 48.8 Å². The molecule has 1 saturated heterocycles. The number of aromatic nitrogens is 1. The molecule has 2 rings (SSSR count). The lowest BCUT2D eigenvalue weighted by atomic mass is 10.2. The van der Waals surface area contributed by atoms with E-state index >= 15 is 0 Å². The van der Waals surface area contributed by atoms with E-state index in [2.05, 4.69) is 31.9 Å². The zero-order valence-electron chi connectivity index (χ0n) is 11.2. The van der Waals surface area contributed by atoms with Gasteiger partial charge in [0, 0.05) is 36.8 Å². The first-order valence-electron chi connectivity index (χ1n) is 6.40. The zero-order chi connectivity index (χ0) is 13.8. The van der Waals surface area contributed by atoms with Crippen molar-refractivity contribution in [3.63, 3.8) is 0 Å². The number of anilines is 1. The lowest BCUT2D eigenvalue weighted by Gasteiger charge is -2.35. The van der Waals surface area contributed by atoms with Gasteiger partial charge in [-0.05, 0) is 41.4 Å². The van der Waals surface area contributed by atoms with Crippen molar-refractivity contribution < 1.29 is 9.53 Å². The fraction of sp³-hybridized carbons (Fsp3) is 0.538. The van der Waals surface area contributed by atoms with Crippen LogP contribution in [0, 0.1) is 6.92 Å². The maximum absolute atomic E-state index is 11.6. The predicted molar refractivity (Wildman–Crippen MR) is 77.5 cm³/mol. The van der Waals surface area contributed by atoms with Gasteiger partial charge in [-0.2, -0.15) is 0 Å². The number of amides is 1. The van der Waals surface area contributed by atoms with E-state index < -0.39 is 0 Å². The van der Waals surface area contributed by atoms with Gasteiger partial charge in [0.2, 0.25) is 0 Å². The Labute approximate surface area is 121 Å². The minimum atomic E-state index is -0.220. The number of halogens is 1.